The third-order valence-corrected chi connectivity index (χ3v) is 3.21. The molecule has 0 amide bonds. The van der Waals surface area contributed by atoms with Crippen molar-refractivity contribution in [2.75, 3.05) is 17.2 Å². The van der Waals surface area contributed by atoms with E-state index in [1.807, 2.05) is 29.9 Å². The lowest BCUT2D eigenvalue weighted by atomic mass is 10.2. The van der Waals surface area contributed by atoms with Crippen LogP contribution in [0.2, 0.25) is 0 Å². The fourth-order valence-corrected chi connectivity index (χ4v) is 2.22. The highest BCUT2D eigenvalue weighted by Crippen LogP contribution is 2.20. The fraction of sp³-hybridized carbons (Fsp3) is 0.250. The van der Waals surface area contributed by atoms with Crippen molar-refractivity contribution in [1.29, 1.82) is 0 Å². The average molecular weight is 233 g/mol. The van der Waals surface area contributed by atoms with Gasteiger partial charge in [-0.25, -0.2) is 0 Å². The Kier molecular flexibility index (Phi) is 3.41. The summed E-state index contributed by atoms with van der Waals surface area (Å²) in [5.41, 5.74) is 9.62. The number of aromatic nitrogens is 1. The molecule has 3 nitrogen and oxygen atoms in total. The van der Waals surface area contributed by atoms with Gasteiger partial charge >= 0.3 is 0 Å². The molecule has 0 saturated heterocycles. The lowest BCUT2D eigenvalue weighted by Crippen LogP contribution is -2.21. The topological polar surface area (TPSA) is 42.2 Å². The number of hydrogen-bond acceptors (Lipinski definition) is 4. The number of nitrogen functional groups attached to an aromatic ring is 1. The molecule has 1 heterocycles. The van der Waals surface area contributed by atoms with Crippen LogP contribution in [0.5, 0.6) is 0 Å². The largest absolute Gasteiger partial charge is 0.399 e. The summed E-state index contributed by atoms with van der Waals surface area (Å²) in [4.78, 5) is 7.64. The van der Waals surface area contributed by atoms with E-state index < -0.39 is 0 Å². The number of benzene rings is 1. The summed E-state index contributed by atoms with van der Waals surface area (Å²) in [5, 5.41) is 0. The molecule has 0 unspecified atom stereocenters. The van der Waals surface area contributed by atoms with Gasteiger partial charge in [-0.05, 0) is 25.1 Å². The molecule has 0 aliphatic heterocycles. The van der Waals surface area contributed by atoms with E-state index in [-0.39, 0.29) is 0 Å². The number of thiazole rings is 1. The second kappa shape index (κ2) is 4.99. The third-order valence-electron chi connectivity index (χ3n) is 2.45. The molecule has 4 heteroatoms. The Morgan fingerprint density at radius 2 is 2.31 bits per heavy atom. The van der Waals surface area contributed by atoms with E-state index in [0.717, 1.165) is 24.5 Å². The average Bonchev–Trinajstić information content (AvgIpc) is 2.78. The summed E-state index contributed by atoms with van der Waals surface area (Å²) < 4.78 is 0. The Morgan fingerprint density at radius 3 is 2.94 bits per heavy atom. The van der Waals surface area contributed by atoms with Crippen molar-refractivity contribution in [3.8, 4) is 0 Å². The smallest absolute Gasteiger partial charge is 0.0794 e. The molecule has 2 N–H and O–H groups in total. The van der Waals surface area contributed by atoms with Gasteiger partial charge in [-0.2, -0.15) is 0 Å². The molecule has 1 aromatic heterocycles. The first-order valence-corrected chi connectivity index (χ1v) is 6.15. The van der Waals surface area contributed by atoms with Crippen LogP contribution in [0.4, 0.5) is 11.4 Å². The first kappa shape index (κ1) is 11.0. The summed E-state index contributed by atoms with van der Waals surface area (Å²) in [6.45, 7) is 4.00. The van der Waals surface area contributed by atoms with Gasteiger partial charge in [0.1, 0.15) is 0 Å². The zero-order chi connectivity index (χ0) is 11.4. The molecule has 0 radical (unpaired) electrons. The van der Waals surface area contributed by atoms with Gasteiger partial charge in [-0.15, -0.1) is 11.3 Å². The summed E-state index contributed by atoms with van der Waals surface area (Å²) in [5.74, 6) is 0. The Hall–Kier alpha value is -1.55. The van der Waals surface area contributed by atoms with Gasteiger partial charge in [0.15, 0.2) is 0 Å². The van der Waals surface area contributed by atoms with Crippen LogP contribution in [0.15, 0.2) is 36.0 Å². The SMILES string of the molecule is CCN(Cc1cncs1)c1cccc(N)c1. The van der Waals surface area contributed by atoms with Gasteiger partial charge in [0, 0.05) is 29.0 Å². The van der Waals surface area contributed by atoms with Crippen molar-refractivity contribution in [1.82, 2.24) is 4.98 Å². The maximum Gasteiger partial charge on any atom is 0.0794 e. The molecule has 1 aromatic carbocycles. The number of hydrogen-bond donors (Lipinski definition) is 1. The first-order valence-electron chi connectivity index (χ1n) is 5.27. The standard InChI is InChI=1S/C12H15N3S/c1-2-15(8-12-7-14-9-16-12)11-5-3-4-10(13)6-11/h3-7,9H,2,8,13H2,1H3. The molecule has 16 heavy (non-hydrogen) atoms. The van der Waals surface area contributed by atoms with Gasteiger partial charge < -0.3 is 10.6 Å². The molecule has 0 saturated carbocycles. The fourth-order valence-electron chi connectivity index (χ4n) is 1.62. The normalized spacial score (nSPS) is 10.3. The van der Waals surface area contributed by atoms with Crippen molar-refractivity contribution < 1.29 is 0 Å². The highest BCUT2D eigenvalue weighted by molar-refractivity contribution is 7.09. The molecular formula is C12H15N3S. The summed E-state index contributed by atoms with van der Waals surface area (Å²) >= 11 is 1.68. The van der Waals surface area contributed by atoms with E-state index in [2.05, 4.69) is 22.9 Å². The molecule has 0 spiro atoms. The highest BCUT2D eigenvalue weighted by atomic mass is 32.1. The molecule has 0 aliphatic carbocycles. The zero-order valence-corrected chi connectivity index (χ0v) is 10.1. The van der Waals surface area contributed by atoms with Gasteiger partial charge in [-0.3, -0.25) is 4.98 Å². The van der Waals surface area contributed by atoms with Gasteiger partial charge in [0.2, 0.25) is 0 Å². The van der Waals surface area contributed by atoms with Crippen molar-refractivity contribution in [2.24, 2.45) is 0 Å². The molecular weight excluding hydrogens is 218 g/mol. The van der Waals surface area contributed by atoms with E-state index in [0.29, 0.717) is 0 Å². The summed E-state index contributed by atoms with van der Waals surface area (Å²) in [6.07, 6.45) is 1.92. The second-order valence-corrected chi connectivity index (χ2v) is 4.55. The molecule has 2 rings (SSSR count). The summed E-state index contributed by atoms with van der Waals surface area (Å²) in [6, 6.07) is 7.98. The quantitative estimate of drug-likeness (QED) is 0.826. The number of rotatable bonds is 4. The monoisotopic (exact) mass is 233 g/mol. The van der Waals surface area contributed by atoms with Crippen LogP contribution >= 0.6 is 11.3 Å². The molecule has 0 aliphatic rings. The minimum Gasteiger partial charge on any atom is -0.399 e. The minimum absolute atomic E-state index is 0.806. The van der Waals surface area contributed by atoms with E-state index in [4.69, 9.17) is 5.73 Å². The third kappa shape index (κ3) is 2.52. The van der Waals surface area contributed by atoms with E-state index in [1.54, 1.807) is 11.3 Å². The van der Waals surface area contributed by atoms with Crippen molar-refractivity contribution in [2.45, 2.75) is 13.5 Å². The Morgan fingerprint density at radius 1 is 1.44 bits per heavy atom. The van der Waals surface area contributed by atoms with Gasteiger partial charge in [-0.1, -0.05) is 6.07 Å². The van der Waals surface area contributed by atoms with Gasteiger partial charge in [0.05, 0.1) is 12.1 Å². The number of nitrogens with zero attached hydrogens (tertiary/aromatic N) is 2. The van der Waals surface area contributed by atoms with E-state index in [1.165, 1.54) is 4.88 Å². The molecule has 0 bridgehead atoms. The van der Waals surface area contributed by atoms with Crippen molar-refractivity contribution in [3.05, 3.63) is 40.8 Å². The van der Waals surface area contributed by atoms with Crippen molar-refractivity contribution >= 4 is 22.7 Å². The predicted molar refractivity (Wildman–Crippen MR) is 69.7 cm³/mol. The Balaban J connectivity index is 2.16. The lowest BCUT2D eigenvalue weighted by Gasteiger charge is -2.22. The van der Waals surface area contributed by atoms with Gasteiger partial charge in [0.25, 0.3) is 0 Å². The Labute approximate surface area is 99.5 Å². The molecule has 84 valence electrons. The Bertz CT molecular complexity index is 439. The lowest BCUT2D eigenvalue weighted by molar-refractivity contribution is 0.841. The zero-order valence-electron chi connectivity index (χ0n) is 9.26. The van der Waals surface area contributed by atoms with Crippen LogP contribution in [-0.2, 0) is 6.54 Å². The van der Waals surface area contributed by atoms with Crippen LogP contribution in [0.25, 0.3) is 0 Å². The van der Waals surface area contributed by atoms with Crippen LogP contribution in [0.3, 0.4) is 0 Å². The number of anilines is 2. The van der Waals surface area contributed by atoms with Crippen LogP contribution in [-0.4, -0.2) is 11.5 Å². The predicted octanol–water partition coefficient (Wildman–Crippen LogP) is 2.75. The molecule has 2 aromatic rings. The van der Waals surface area contributed by atoms with E-state index in [9.17, 15) is 0 Å². The van der Waals surface area contributed by atoms with E-state index >= 15 is 0 Å². The molecule has 0 atom stereocenters. The second-order valence-electron chi connectivity index (χ2n) is 3.58. The van der Waals surface area contributed by atoms with Crippen molar-refractivity contribution in [3.63, 3.8) is 0 Å². The van der Waals surface area contributed by atoms with Crippen LogP contribution in [0, 0.1) is 0 Å². The maximum atomic E-state index is 5.79. The first-order chi connectivity index (χ1) is 7.79. The van der Waals surface area contributed by atoms with Crippen LogP contribution in [0.1, 0.15) is 11.8 Å². The minimum atomic E-state index is 0.806. The summed E-state index contributed by atoms with van der Waals surface area (Å²) in [7, 11) is 0. The number of nitrogens with two attached hydrogens (primary N) is 1. The van der Waals surface area contributed by atoms with Crippen LogP contribution < -0.4 is 10.6 Å². The highest BCUT2D eigenvalue weighted by Gasteiger charge is 2.06. The maximum absolute atomic E-state index is 5.79. The molecule has 0 fully saturated rings.